The first-order chi connectivity index (χ1) is 32.1. The SMILES string of the molecule is COc1cccc(Oc2cc3c4c(cc(Oc5cccc(OC)c5)c5c6c(Oc7cccc(OC)c7)cc7c8c(cc(Oc9cccc(OC)c9)c(c2c45)c86)C(=O)OC7=O)C(=O)OC3=O)c1. The highest BCUT2D eigenvalue weighted by Gasteiger charge is 2.39. The predicted octanol–water partition coefficient (Wildman–Crippen LogP) is 11.6. The maximum atomic E-state index is 14.0. The van der Waals surface area contributed by atoms with Crippen LogP contribution < -0.4 is 37.9 Å². The summed E-state index contributed by atoms with van der Waals surface area (Å²) in [5.41, 5.74) is 0.0324. The smallest absolute Gasteiger partial charge is 0.346 e. The average Bonchev–Trinajstić information content (AvgIpc) is 3.33. The maximum absolute atomic E-state index is 14.0. The van der Waals surface area contributed by atoms with Gasteiger partial charge in [-0.05, 0) is 72.8 Å². The van der Waals surface area contributed by atoms with Crippen molar-refractivity contribution in [2.45, 2.75) is 0 Å². The fourth-order valence-electron chi connectivity index (χ4n) is 8.69. The number of ether oxygens (including phenoxy) is 10. The number of rotatable bonds is 12. The zero-order chi connectivity index (χ0) is 45.4. The fraction of sp³-hybridized carbons (Fsp3) is 0.0769. The highest BCUT2D eigenvalue weighted by atomic mass is 16.6. The topological polar surface area (TPSA) is 161 Å². The maximum Gasteiger partial charge on any atom is 0.346 e. The lowest BCUT2D eigenvalue weighted by atomic mass is 9.82. The van der Waals surface area contributed by atoms with Crippen LogP contribution >= 0.6 is 0 Å². The van der Waals surface area contributed by atoms with Gasteiger partial charge < -0.3 is 47.4 Å². The zero-order valence-electron chi connectivity index (χ0n) is 35.3. The number of carbonyl (C=O) groups excluding carboxylic acids is 4. The summed E-state index contributed by atoms with van der Waals surface area (Å²) in [6.07, 6.45) is 0. The molecule has 14 nitrogen and oxygen atoms in total. The lowest BCUT2D eigenvalue weighted by molar-refractivity contribution is 0.0373. The lowest BCUT2D eigenvalue weighted by Crippen LogP contribution is -2.21. The molecule has 9 aromatic carbocycles. The van der Waals surface area contributed by atoms with E-state index >= 15 is 0 Å². The molecule has 2 aliphatic heterocycles. The summed E-state index contributed by atoms with van der Waals surface area (Å²) in [6.45, 7) is 0. The van der Waals surface area contributed by atoms with E-state index in [1.807, 2.05) is 0 Å². The Morgan fingerprint density at radius 2 is 0.515 bits per heavy atom. The van der Waals surface area contributed by atoms with E-state index in [4.69, 9.17) is 47.4 Å². The Morgan fingerprint density at radius 3 is 0.742 bits per heavy atom. The Kier molecular flexibility index (Phi) is 9.25. The van der Waals surface area contributed by atoms with Crippen LogP contribution in [0.3, 0.4) is 0 Å². The second-order valence-electron chi connectivity index (χ2n) is 15.2. The number of cyclic esters (lactones) is 4. The summed E-state index contributed by atoms with van der Waals surface area (Å²) in [4.78, 5) is 56.1. The number of hydrogen-bond acceptors (Lipinski definition) is 14. The molecule has 2 aliphatic rings. The molecule has 324 valence electrons. The molecule has 2 heterocycles. The van der Waals surface area contributed by atoms with Crippen LogP contribution in [0.4, 0.5) is 0 Å². The van der Waals surface area contributed by atoms with E-state index in [1.165, 1.54) is 52.7 Å². The number of benzene rings is 9. The van der Waals surface area contributed by atoms with Crippen molar-refractivity contribution in [2.75, 3.05) is 28.4 Å². The van der Waals surface area contributed by atoms with Gasteiger partial charge in [0.2, 0.25) is 0 Å². The largest absolute Gasteiger partial charge is 0.497 e. The average molecular weight is 881 g/mol. The van der Waals surface area contributed by atoms with Gasteiger partial charge in [0.25, 0.3) is 0 Å². The molecular formula is C52H32O14. The van der Waals surface area contributed by atoms with Gasteiger partial charge in [-0.3, -0.25) is 0 Å². The van der Waals surface area contributed by atoms with Crippen LogP contribution in [0.5, 0.6) is 69.0 Å². The minimum atomic E-state index is -0.924. The number of carbonyl (C=O) groups is 4. The van der Waals surface area contributed by atoms with Crippen LogP contribution in [-0.2, 0) is 9.47 Å². The molecule has 0 bridgehead atoms. The van der Waals surface area contributed by atoms with Gasteiger partial charge in [0.05, 0.1) is 50.7 Å². The van der Waals surface area contributed by atoms with E-state index in [2.05, 4.69) is 0 Å². The van der Waals surface area contributed by atoms with Crippen LogP contribution in [0.1, 0.15) is 41.4 Å². The summed E-state index contributed by atoms with van der Waals surface area (Å²) < 4.78 is 60.0. The van der Waals surface area contributed by atoms with Crippen LogP contribution in [0.2, 0.25) is 0 Å². The standard InChI is InChI=1S/C52H32O14/c1-57-25-9-5-13-29(17-25)61-37-21-33-41-34(50(54)65-49(33)53)23-39(63-31-15-7-11-27(19-31)59-3)45-46-40(64-32-16-8-12-28(20-32)60-4)24-36-42-35(51(55)66-52(36)56)22-38(44(48(42)46)43(37)47(41)45)62-30-14-6-10-26(18-30)58-2/h5-24H,1-4H3. The van der Waals surface area contributed by atoms with Gasteiger partial charge in [-0.15, -0.1) is 0 Å². The van der Waals surface area contributed by atoms with Crippen molar-refractivity contribution in [1.29, 1.82) is 0 Å². The quantitative estimate of drug-likeness (QED) is 0.0493. The van der Waals surface area contributed by atoms with Crippen molar-refractivity contribution in [2.24, 2.45) is 0 Å². The van der Waals surface area contributed by atoms with Gasteiger partial charge >= 0.3 is 23.9 Å². The second-order valence-corrected chi connectivity index (χ2v) is 15.2. The molecular weight excluding hydrogens is 849 g/mol. The number of fused-ring (bicyclic) bond motifs is 2. The first kappa shape index (κ1) is 39.8. The van der Waals surface area contributed by atoms with E-state index in [9.17, 15) is 19.2 Å². The molecule has 0 atom stereocenters. The summed E-state index contributed by atoms with van der Waals surface area (Å²) >= 11 is 0. The molecule has 0 amide bonds. The van der Waals surface area contributed by atoms with Crippen molar-refractivity contribution in [3.8, 4) is 69.0 Å². The molecule has 0 N–H and O–H groups in total. The van der Waals surface area contributed by atoms with Gasteiger partial charge in [0, 0.05) is 67.4 Å². The Hall–Kier alpha value is -9.04. The molecule has 0 spiro atoms. The van der Waals surface area contributed by atoms with Crippen molar-refractivity contribution in [3.63, 3.8) is 0 Å². The summed E-state index contributed by atoms with van der Waals surface area (Å²) in [5, 5.41) is 2.25. The van der Waals surface area contributed by atoms with E-state index in [0.29, 0.717) is 78.3 Å². The predicted molar refractivity (Wildman–Crippen MR) is 239 cm³/mol. The number of hydrogen-bond donors (Lipinski definition) is 0. The normalized spacial score (nSPS) is 12.9. The first-order valence-corrected chi connectivity index (χ1v) is 20.3. The Bertz CT molecular complexity index is 3120. The van der Waals surface area contributed by atoms with Gasteiger partial charge in [-0.1, -0.05) is 24.3 Å². The van der Waals surface area contributed by atoms with Gasteiger partial charge in [0.15, 0.2) is 0 Å². The highest BCUT2D eigenvalue weighted by Crippen LogP contribution is 2.57. The molecule has 0 unspecified atom stereocenters. The molecule has 0 fully saturated rings. The van der Waals surface area contributed by atoms with Gasteiger partial charge in [0.1, 0.15) is 69.0 Å². The number of esters is 4. The van der Waals surface area contributed by atoms with E-state index in [0.717, 1.165) is 0 Å². The van der Waals surface area contributed by atoms with Crippen LogP contribution in [0.15, 0.2) is 121 Å². The van der Waals surface area contributed by atoms with Crippen LogP contribution in [0.25, 0.3) is 43.1 Å². The third kappa shape index (κ3) is 6.33. The summed E-state index contributed by atoms with van der Waals surface area (Å²) in [5.74, 6) is -0.123. The summed E-state index contributed by atoms with van der Waals surface area (Å²) in [7, 11) is 6.07. The Morgan fingerprint density at radius 1 is 0.288 bits per heavy atom. The van der Waals surface area contributed by atoms with Gasteiger partial charge in [-0.25, -0.2) is 19.2 Å². The van der Waals surface area contributed by atoms with Crippen LogP contribution in [-0.4, -0.2) is 52.3 Å². The number of methoxy groups -OCH3 is 4. The molecule has 0 saturated heterocycles. The van der Waals surface area contributed by atoms with E-state index in [-0.39, 0.29) is 56.0 Å². The third-order valence-electron chi connectivity index (χ3n) is 11.5. The van der Waals surface area contributed by atoms with E-state index < -0.39 is 23.9 Å². The lowest BCUT2D eigenvalue weighted by Gasteiger charge is -2.28. The van der Waals surface area contributed by atoms with Crippen molar-refractivity contribution < 1.29 is 66.5 Å². The molecule has 14 heteroatoms. The van der Waals surface area contributed by atoms with E-state index in [1.54, 1.807) is 97.1 Å². The minimum absolute atomic E-state index is 0.00811. The van der Waals surface area contributed by atoms with Gasteiger partial charge in [-0.2, -0.15) is 0 Å². The van der Waals surface area contributed by atoms with Crippen LogP contribution in [0, 0.1) is 0 Å². The summed E-state index contributed by atoms with van der Waals surface area (Å²) in [6, 6.07) is 33.3. The fourth-order valence-corrected chi connectivity index (χ4v) is 8.69. The molecule has 11 rings (SSSR count). The highest BCUT2D eigenvalue weighted by molar-refractivity contribution is 6.43. The molecule has 0 saturated carbocycles. The molecule has 0 radical (unpaired) electrons. The Labute approximate surface area is 373 Å². The third-order valence-corrected chi connectivity index (χ3v) is 11.5. The Balaban J connectivity index is 1.39. The van der Waals surface area contributed by atoms with Crippen molar-refractivity contribution in [1.82, 2.24) is 0 Å². The zero-order valence-corrected chi connectivity index (χ0v) is 35.3. The molecule has 9 aromatic rings. The molecule has 0 aromatic heterocycles. The minimum Gasteiger partial charge on any atom is -0.497 e. The molecule has 0 aliphatic carbocycles. The second kappa shape index (κ2) is 15.3. The monoisotopic (exact) mass is 880 g/mol. The first-order valence-electron chi connectivity index (χ1n) is 20.3. The van der Waals surface area contributed by atoms with Crippen molar-refractivity contribution in [3.05, 3.63) is 144 Å². The molecule has 66 heavy (non-hydrogen) atoms. The van der Waals surface area contributed by atoms with Crippen molar-refractivity contribution >= 4 is 67.0 Å².